The number of sulfonamides is 1. The third-order valence-corrected chi connectivity index (χ3v) is 8.66. The first-order chi connectivity index (χ1) is 15.9. The number of pyridine rings is 1. The molecule has 1 N–H and O–H groups in total. The fraction of sp³-hybridized carbons (Fsp3) is 0.261. The van der Waals surface area contributed by atoms with Crippen molar-refractivity contribution in [1.82, 2.24) is 13.7 Å². The van der Waals surface area contributed by atoms with Crippen molar-refractivity contribution < 1.29 is 13.2 Å². The minimum absolute atomic E-state index is 0.157. The van der Waals surface area contributed by atoms with Crippen molar-refractivity contribution in [2.24, 2.45) is 0 Å². The van der Waals surface area contributed by atoms with Gasteiger partial charge in [0.25, 0.3) is 11.5 Å². The maximum Gasteiger partial charge on any atom is 0.266 e. The Morgan fingerprint density at radius 3 is 2.58 bits per heavy atom. The maximum absolute atomic E-state index is 13.1. The number of nitrogens with one attached hydrogen (secondary N) is 1. The van der Waals surface area contributed by atoms with Crippen LogP contribution in [0.2, 0.25) is 0 Å². The first-order valence-electron chi connectivity index (χ1n) is 10.8. The van der Waals surface area contributed by atoms with Crippen molar-refractivity contribution in [2.75, 3.05) is 18.4 Å². The highest BCUT2D eigenvalue weighted by atomic mass is 32.2. The van der Waals surface area contributed by atoms with Crippen molar-refractivity contribution in [2.45, 2.75) is 30.6 Å². The Hall–Kier alpha value is -3.08. The molecule has 0 saturated carbocycles. The van der Waals surface area contributed by atoms with Gasteiger partial charge >= 0.3 is 0 Å². The normalized spacial score (nSPS) is 15.5. The fourth-order valence-electron chi connectivity index (χ4n) is 4.02. The Labute approximate surface area is 194 Å². The van der Waals surface area contributed by atoms with Crippen LogP contribution in [0.15, 0.2) is 64.4 Å². The molecular weight excluding hydrogens is 460 g/mol. The molecule has 170 valence electrons. The lowest BCUT2D eigenvalue weighted by atomic mass is 10.2. The van der Waals surface area contributed by atoms with Gasteiger partial charge in [-0.3, -0.25) is 14.0 Å². The molecule has 0 aliphatic carbocycles. The number of nitrogens with zero attached hydrogens (tertiary/aromatic N) is 3. The first kappa shape index (κ1) is 21.7. The van der Waals surface area contributed by atoms with Crippen molar-refractivity contribution in [3.8, 4) is 0 Å². The minimum atomic E-state index is -3.63. The van der Waals surface area contributed by atoms with Crippen LogP contribution < -0.4 is 10.9 Å². The van der Waals surface area contributed by atoms with Crippen molar-refractivity contribution >= 4 is 48.8 Å². The number of amides is 1. The first-order valence-corrected chi connectivity index (χ1v) is 13.0. The van der Waals surface area contributed by atoms with Gasteiger partial charge in [0, 0.05) is 25.0 Å². The molecule has 1 saturated heterocycles. The molecule has 1 fully saturated rings. The summed E-state index contributed by atoms with van der Waals surface area (Å²) in [5.74, 6) is -0.421. The van der Waals surface area contributed by atoms with Crippen LogP contribution in [0, 0.1) is 0 Å². The predicted octanol–water partition coefficient (Wildman–Crippen LogP) is 3.73. The van der Waals surface area contributed by atoms with E-state index in [0.29, 0.717) is 39.5 Å². The Balaban J connectivity index is 1.42. The average Bonchev–Trinajstić information content (AvgIpc) is 3.05. The number of fused-ring (bicyclic) bond motifs is 2. The summed E-state index contributed by atoms with van der Waals surface area (Å²) in [5.41, 5.74) is 0.648. The number of thiophene rings is 1. The second-order valence-corrected chi connectivity index (χ2v) is 10.9. The van der Waals surface area contributed by atoms with Crippen LogP contribution in [0.4, 0.5) is 5.69 Å². The molecule has 1 amide bonds. The van der Waals surface area contributed by atoms with Gasteiger partial charge < -0.3 is 5.32 Å². The monoisotopic (exact) mass is 482 g/mol. The molecule has 10 heteroatoms. The van der Waals surface area contributed by atoms with E-state index in [4.69, 9.17) is 0 Å². The summed E-state index contributed by atoms with van der Waals surface area (Å²) in [6.07, 6.45) is 5.41. The Kier molecular flexibility index (Phi) is 5.73. The van der Waals surface area contributed by atoms with Crippen molar-refractivity contribution in [3.05, 3.63) is 70.0 Å². The fourth-order valence-corrected chi connectivity index (χ4v) is 6.51. The summed E-state index contributed by atoms with van der Waals surface area (Å²) in [4.78, 5) is 31.1. The van der Waals surface area contributed by atoms with Gasteiger partial charge in [0.05, 0.1) is 15.2 Å². The molecule has 4 aromatic rings. The summed E-state index contributed by atoms with van der Waals surface area (Å²) < 4.78 is 29.1. The van der Waals surface area contributed by atoms with Gasteiger partial charge in [0.15, 0.2) is 0 Å². The van der Waals surface area contributed by atoms with E-state index in [1.165, 1.54) is 20.8 Å². The molecule has 0 atom stereocenters. The predicted molar refractivity (Wildman–Crippen MR) is 128 cm³/mol. The summed E-state index contributed by atoms with van der Waals surface area (Å²) in [6.45, 7) is 1.02. The van der Waals surface area contributed by atoms with E-state index in [0.717, 1.165) is 37.0 Å². The molecule has 3 aromatic heterocycles. The summed E-state index contributed by atoms with van der Waals surface area (Å²) in [5, 5.41) is 3.13. The quantitative estimate of drug-likeness (QED) is 0.478. The van der Waals surface area contributed by atoms with Gasteiger partial charge in [-0.25, -0.2) is 13.4 Å². The minimum Gasteiger partial charge on any atom is -0.321 e. The topological polar surface area (TPSA) is 101 Å². The molecule has 33 heavy (non-hydrogen) atoms. The van der Waals surface area contributed by atoms with E-state index in [9.17, 15) is 18.0 Å². The number of benzene rings is 1. The van der Waals surface area contributed by atoms with E-state index >= 15 is 0 Å². The molecule has 0 bridgehead atoms. The molecule has 0 unspecified atom stereocenters. The Bertz CT molecular complexity index is 1520. The molecular formula is C23H22N4O4S2. The number of hydrogen-bond acceptors (Lipinski definition) is 6. The van der Waals surface area contributed by atoms with E-state index in [1.54, 1.807) is 42.6 Å². The van der Waals surface area contributed by atoms with Gasteiger partial charge in [0.2, 0.25) is 10.0 Å². The highest BCUT2D eigenvalue weighted by Gasteiger charge is 2.25. The number of hydrogen-bond donors (Lipinski definition) is 1. The second kappa shape index (κ2) is 8.69. The highest BCUT2D eigenvalue weighted by Crippen LogP contribution is 2.25. The van der Waals surface area contributed by atoms with Gasteiger partial charge in [-0.1, -0.05) is 25.0 Å². The summed E-state index contributed by atoms with van der Waals surface area (Å²) >= 11 is 1.13. The largest absolute Gasteiger partial charge is 0.321 e. The zero-order chi connectivity index (χ0) is 23.0. The van der Waals surface area contributed by atoms with Crippen LogP contribution in [0.1, 0.15) is 35.4 Å². The van der Waals surface area contributed by atoms with Crippen LogP contribution in [0.25, 0.3) is 15.9 Å². The number of rotatable bonds is 4. The third-order valence-electron chi connectivity index (χ3n) is 5.73. The zero-order valence-electron chi connectivity index (χ0n) is 17.7. The number of anilines is 1. The SMILES string of the molecule is O=C(Nc1cccc(S(=O)(=O)N2CCCCCC2)c1)c1cc2c(=O)n3ccccc3nc2s1. The molecule has 0 spiro atoms. The van der Waals surface area contributed by atoms with E-state index in [-0.39, 0.29) is 10.5 Å². The average molecular weight is 483 g/mol. The molecule has 4 heterocycles. The highest BCUT2D eigenvalue weighted by molar-refractivity contribution is 7.89. The van der Waals surface area contributed by atoms with E-state index in [1.807, 2.05) is 0 Å². The lowest BCUT2D eigenvalue weighted by Gasteiger charge is -2.20. The van der Waals surface area contributed by atoms with E-state index < -0.39 is 15.9 Å². The molecule has 8 nitrogen and oxygen atoms in total. The Morgan fingerprint density at radius 1 is 1.00 bits per heavy atom. The van der Waals surface area contributed by atoms with Crippen LogP contribution in [-0.4, -0.2) is 41.1 Å². The zero-order valence-corrected chi connectivity index (χ0v) is 19.4. The number of carbonyl (C=O) groups excluding carboxylic acids is 1. The van der Waals surface area contributed by atoms with Crippen molar-refractivity contribution in [1.29, 1.82) is 0 Å². The second-order valence-electron chi connectivity index (χ2n) is 7.98. The van der Waals surface area contributed by atoms with Crippen LogP contribution in [0.3, 0.4) is 0 Å². The maximum atomic E-state index is 13.1. The van der Waals surface area contributed by atoms with Gasteiger partial charge in [0.1, 0.15) is 10.5 Å². The summed E-state index contributed by atoms with van der Waals surface area (Å²) in [7, 11) is -3.63. The van der Waals surface area contributed by atoms with Crippen LogP contribution in [0.5, 0.6) is 0 Å². The molecule has 0 radical (unpaired) electrons. The molecule has 5 rings (SSSR count). The molecule has 1 aliphatic rings. The number of aromatic nitrogens is 2. The van der Waals surface area contributed by atoms with Gasteiger partial charge in [-0.05, 0) is 49.2 Å². The standard InChI is InChI=1S/C23H22N4O4S2/c28-21(19-15-18-22(32-19)25-20-10-3-6-13-27(20)23(18)29)24-16-8-7-9-17(14-16)33(30,31)26-11-4-1-2-5-12-26/h3,6-10,13-15H,1-2,4-5,11-12H2,(H,24,28). The van der Waals surface area contributed by atoms with Crippen LogP contribution in [-0.2, 0) is 10.0 Å². The lowest BCUT2D eigenvalue weighted by Crippen LogP contribution is -2.32. The third kappa shape index (κ3) is 4.17. The molecule has 1 aliphatic heterocycles. The van der Waals surface area contributed by atoms with Crippen molar-refractivity contribution in [3.63, 3.8) is 0 Å². The Morgan fingerprint density at radius 2 is 1.79 bits per heavy atom. The smallest absolute Gasteiger partial charge is 0.266 e. The number of carbonyl (C=O) groups is 1. The lowest BCUT2D eigenvalue weighted by molar-refractivity contribution is 0.103. The van der Waals surface area contributed by atoms with E-state index in [2.05, 4.69) is 10.3 Å². The summed E-state index contributed by atoms with van der Waals surface area (Å²) in [6, 6.07) is 13.1. The van der Waals surface area contributed by atoms with Gasteiger partial charge in [-0.15, -0.1) is 11.3 Å². The van der Waals surface area contributed by atoms with Crippen LogP contribution >= 0.6 is 11.3 Å². The molecule has 1 aromatic carbocycles. The van der Waals surface area contributed by atoms with Gasteiger partial charge in [-0.2, -0.15) is 4.31 Å².